The van der Waals surface area contributed by atoms with E-state index in [-0.39, 0.29) is 48.6 Å². The highest BCUT2D eigenvalue weighted by Gasteiger charge is 2.38. The van der Waals surface area contributed by atoms with Gasteiger partial charge in [0.2, 0.25) is 15.9 Å². The third-order valence-electron chi connectivity index (χ3n) is 6.39. The van der Waals surface area contributed by atoms with Crippen LogP contribution in [0.25, 0.3) is 0 Å². The topological polar surface area (TPSA) is 100 Å². The standard InChI is InChI=1S/C28H37N3O5S/c1-20(2)7-6-8-23-9-10-27-25(15-23)36-26(21(3)17-31(22(4)19-32)37(27,34)35)18-30(5)28(33)16-24-11-13-29-14-12-24/h9-15,20-22,26,32H,7,16-19H2,1-5H3/t21-,22+,26-/m0/s1. The number of aliphatic hydroxyl groups is 1. The average molecular weight is 528 g/mol. The maximum atomic E-state index is 13.6. The lowest BCUT2D eigenvalue weighted by atomic mass is 10.0. The molecule has 0 saturated carbocycles. The van der Waals surface area contributed by atoms with E-state index in [1.54, 1.807) is 55.5 Å². The fourth-order valence-electron chi connectivity index (χ4n) is 4.06. The lowest BCUT2D eigenvalue weighted by molar-refractivity contribution is -0.130. The molecule has 1 aliphatic heterocycles. The highest BCUT2D eigenvalue weighted by molar-refractivity contribution is 7.89. The number of ether oxygens (including phenoxy) is 1. The average Bonchev–Trinajstić information content (AvgIpc) is 2.86. The molecule has 1 aliphatic rings. The van der Waals surface area contributed by atoms with Gasteiger partial charge in [-0.2, -0.15) is 4.31 Å². The van der Waals surface area contributed by atoms with Crippen LogP contribution in [0, 0.1) is 23.7 Å². The van der Waals surface area contributed by atoms with E-state index < -0.39 is 22.2 Å². The van der Waals surface area contributed by atoms with Crippen LogP contribution in [0.2, 0.25) is 0 Å². The molecule has 0 saturated heterocycles. The molecule has 3 atom stereocenters. The lowest BCUT2D eigenvalue weighted by Gasteiger charge is -2.37. The van der Waals surface area contributed by atoms with Gasteiger partial charge in [-0.05, 0) is 48.7 Å². The van der Waals surface area contributed by atoms with Crippen LogP contribution in [-0.4, -0.2) is 72.5 Å². The third-order valence-corrected chi connectivity index (χ3v) is 8.41. The Bertz CT molecular complexity index is 1240. The normalized spacial score (nSPS) is 20.0. The minimum Gasteiger partial charge on any atom is -0.487 e. The summed E-state index contributed by atoms with van der Waals surface area (Å²) in [5, 5.41) is 9.81. The van der Waals surface area contributed by atoms with Gasteiger partial charge in [-0.15, -0.1) is 0 Å². The van der Waals surface area contributed by atoms with Crippen LogP contribution < -0.4 is 4.74 Å². The molecule has 9 heteroatoms. The van der Waals surface area contributed by atoms with Gasteiger partial charge in [0, 0.05) is 49.9 Å². The van der Waals surface area contributed by atoms with Crippen molar-refractivity contribution in [3.05, 3.63) is 53.9 Å². The quantitative estimate of drug-likeness (QED) is 0.556. The van der Waals surface area contributed by atoms with Gasteiger partial charge in [-0.3, -0.25) is 9.78 Å². The molecule has 37 heavy (non-hydrogen) atoms. The Morgan fingerprint density at radius 3 is 2.59 bits per heavy atom. The van der Waals surface area contributed by atoms with Crippen LogP contribution in [-0.2, 0) is 21.2 Å². The molecule has 2 aromatic rings. The van der Waals surface area contributed by atoms with Crippen molar-refractivity contribution in [3.8, 4) is 17.6 Å². The summed E-state index contributed by atoms with van der Waals surface area (Å²) in [5.74, 6) is 6.52. The van der Waals surface area contributed by atoms with E-state index in [1.165, 1.54) is 10.4 Å². The predicted octanol–water partition coefficient (Wildman–Crippen LogP) is 2.95. The van der Waals surface area contributed by atoms with Gasteiger partial charge < -0.3 is 14.7 Å². The molecule has 1 amide bonds. The van der Waals surface area contributed by atoms with Gasteiger partial charge in [-0.25, -0.2) is 8.42 Å². The number of carbonyl (C=O) groups excluding carboxylic acids is 1. The van der Waals surface area contributed by atoms with Gasteiger partial charge in [0.25, 0.3) is 0 Å². The molecule has 8 nitrogen and oxygen atoms in total. The molecule has 0 unspecified atom stereocenters. The summed E-state index contributed by atoms with van der Waals surface area (Å²) < 4.78 is 34.9. The fraction of sp³-hybridized carbons (Fsp3) is 0.500. The van der Waals surface area contributed by atoms with Gasteiger partial charge in [0.1, 0.15) is 16.7 Å². The van der Waals surface area contributed by atoms with Crippen molar-refractivity contribution in [2.75, 3.05) is 26.7 Å². The molecule has 0 bridgehead atoms. The largest absolute Gasteiger partial charge is 0.487 e. The van der Waals surface area contributed by atoms with Crippen LogP contribution in [0.3, 0.4) is 0 Å². The Morgan fingerprint density at radius 1 is 1.24 bits per heavy atom. The number of nitrogens with zero attached hydrogens (tertiary/aromatic N) is 3. The molecular weight excluding hydrogens is 490 g/mol. The Balaban J connectivity index is 1.95. The number of sulfonamides is 1. The third kappa shape index (κ3) is 7.31. The second-order valence-electron chi connectivity index (χ2n) is 10.1. The zero-order valence-corrected chi connectivity index (χ0v) is 23.0. The summed E-state index contributed by atoms with van der Waals surface area (Å²) in [6.07, 6.45) is 3.78. The molecule has 0 aliphatic carbocycles. The van der Waals surface area contributed by atoms with Crippen molar-refractivity contribution in [2.24, 2.45) is 11.8 Å². The van der Waals surface area contributed by atoms with Gasteiger partial charge in [0.05, 0.1) is 19.6 Å². The van der Waals surface area contributed by atoms with E-state index >= 15 is 0 Å². The molecule has 0 fully saturated rings. The molecule has 0 spiro atoms. The monoisotopic (exact) mass is 527 g/mol. The first-order valence-electron chi connectivity index (χ1n) is 12.6. The van der Waals surface area contributed by atoms with Crippen molar-refractivity contribution >= 4 is 15.9 Å². The summed E-state index contributed by atoms with van der Waals surface area (Å²) in [6.45, 7) is 7.86. The number of aliphatic hydroxyl groups excluding tert-OH is 1. The van der Waals surface area contributed by atoms with Crippen molar-refractivity contribution in [1.29, 1.82) is 0 Å². The fourth-order valence-corrected chi connectivity index (χ4v) is 5.89. The maximum absolute atomic E-state index is 13.6. The van der Waals surface area contributed by atoms with Crippen molar-refractivity contribution < 1.29 is 23.1 Å². The number of hydrogen-bond acceptors (Lipinski definition) is 6. The Morgan fingerprint density at radius 2 is 1.95 bits per heavy atom. The number of likely N-dealkylation sites (N-methyl/N-ethyl adjacent to an activating group) is 1. The van der Waals surface area contributed by atoms with Gasteiger partial charge in [0.15, 0.2) is 0 Å². The first-order valence-corrected chi connectivity index (χ1v) is 14.0. The molecule has 1 aromatic carbocycles. The first kappa shape index (κ1) is 28.6. The van der Waals surface area contributed by atoms with Crippen LogP contribution in [0.1, 0.15) is 45.2 Å². The second-order valence-corrected chi connectivity index (χ2v) is 12.0. The van der Waals surface area contributed by atoms with E-state index in [9.17, 15) is 18.3 Å². The Kier molecular flexibility index (Phi) is 9.71. The van der Waals surface area contributed by atoms with E-state index in [4.69, 9.17) is 4.74 Å². The number of pyridine rings is 1. The summed E-state index contributed by atoms with van der Waals surface area (Å²) in [4.78, 5) is 18.6. The van der Waals surface area contributed by atoms with E-state index in [1.807, 2.05) is 6.92 Å². The van der Waals surface area contributed by atoms with Crippen LogP contribution in [0.15, 0.2) is 47.6 Å². The zero-order valence-electron chi connectivity index (χ0n) is 22.2. The summed E-state index contributed by atoms with van der Waals surface area (Å²) in [7, 11) is -2.21. The van der Waals surface area contributed by atoms with Crippen molar-refractivity contribution in [2.45, 2.75) is 57.6 Å². The van der Waals surface area contributed by atoms with Crippen molar-refractivity contribution in [3.63, 3.8) is 0 Å². The summed E-state index contributed by atoms with van der Waals surface area (Å²) >= 11 is 0. The number of carbonyl (C=O) groups is 1. The minimum atomic E-state index is -3.93. The summed E-state index contributed by atoms with van der Waals surface area (Å²) in [6, 6.07) is 7.85. The molecule has 200 valence electrons. The van der Waals surface area contributed by atoms with Crippen LogP contribution in [0.4, 0.5) is 0 Å². The molecular formula is C28H37N3O5S. The second kappa shape index (κ2) is 12.5. The van der Waals surface area contributed by atoms with Crippen LogP contribution in [0.5, 0.6) is 5.75 Å². The zero-order chi connectivity index (χ0) is 27.2. The van der Waals surface area contributed by atoms with Gasteiger partial charge >= 0.3 is 0 Å². The van der Waals surface area contributed by atoms with Crippen LogP contribution >= 0.6 is 0 Å². The number of aromatic nitrogens is 1. The number of rotatable bonds is 7. The number of hydrogen-bond donors (Lipinski definition) is 1. The van der Waals surface area contributed by atoms with Crippen molar-refractivity contribution in [1.82, 2.24) is 14.2 Å². The Hall–Kier alpha value is -2.93. The molecule has 1 N–H and O–H groups in total. The maximum Gasteiger partial charge on any atom is 0.247 e. The smallest absolute Gasteiger partial charge is 0.247 e. The lowest BCUT2D eigenvalue weighted by Crippen LogP contribution is -2.50. The first-order chi connectivity index (χ1) is 17.5. The molecule has 2 heterocycles. The SMILES string of the molecule is CC(C)CC#Cc1ccc2c(c1)O[C@@H](CN(C)C(=O)Cc1ccncc1)[C@@H](C)CN([C@H](C)CO)S2(=O)=O. The molecule has 0 radical (unpaired) electrons. The highest BCUT2D eigenvalue weighted by Crippen LogP contribution is 2.34. The van der Waals surface area contributed by atoms with E-state index in [2.05, 4.69) is 30.7 Å². The van der Waals surface area contributed by atoms with E-state index in [0.717, 1.165) is 12.0 Å². The van der Waals surface area contributed by atoms with E-state index in [0.29, 0.717) is 11.5 Å². The van der Waals surface area contributed by atoms with Gasteiger partial charge in [-0.1, -0.05) is 32.6 Å². The molecule has 3 rings (SSSR count). The Labute approximate surface area is 220 Å². The highest BCUT2D eigenvalue weighted by atomic mass is 32.2. The predicted molar refractivity (Wildman–Crippen MR) is 142 cm³/mol. The molecule has 1 aromatic heterocycles. The number of amides is 1. The summed E-state index contributed by atoms with van der Waals surface area (Å²) in [5.41, 5.74) is 1.52. The number of fused-ring (bicyclic) bond motifs is 1. The number of benzene rings is 1. The minimum absolute atomic E-state index is 0.0323.